The molecule has 0 bridgehead atoms. The number of carboxylic acid groups (broad SMARTS) is 1. The Morgan fingerprint density at radius 3 is 1.61 bits per heavy atom. The lowest BCUT2D eigenvalue weighted by molar-refractivity contribution is -0.122. The first-order valence-electron chi connectivity index (χ1n) is 7.52. The summed E-state index contributed by atoms with van der Waals surface area (Å²) in [7, 11) is 0. The lowest BCUT2D eigenvalue weighted by Gasteiger charge is -2.04. The van der Waals surface area contributed by atoms with Gasteiger partial charge in [0.05, 0.1) is 0 Å². The standard InChI is InChI=1S/C14H31N.CH2O2/c1-3-4-5-6-7-8-9-10-11-12-13-14(2)15;2-1-3/h14H,3-13,15H2,1-2H3;1H,(H,2,3). The Labute approximate surface area is 113 Å². The van der Waals surface area contributed by atoms with E-state index in [1.54, 1.807) is 0 Å². The van der Waals surface area contributed by atoms with Crippen LogP contribution < -0.4 is 5.73 Å². The topological polar surface area (TPSA) is 63.3 Å². The highest BCUT2D eigenvalue weighted by Gasteiger charge is 1.95. The molecule has 0 aromatic heterocycles. The highest BCUT2D eigenvalue weighted by atomic mass is 16.3. The third-order valence-electron chi connectivity index (χ3n) is 3.01. The van der Waals surface area contributed by atoms with Gasteiger partial charge in [0.1, 0.15) is 0 Å². The zero-order valence-corrected chi connectivity index (χ0v) is 12.4. The van der Waals surface area contributed by atoms with Crippen molar-refractivity contribution in [1.29, 1.82) is 0 Å². The molecule has 0 amide bonds. The Morgan fingerprint density at radius 2 is 1.28 bits per heavy atom. The molecule has 0 aliphatic rings. The summed E-state index contributed by atoms with van der Waals surface area (Å²) in [5, 5.41) is 6.89. The molecule has 110 valence electrons. The minimum Gasteiger partial charge on any atom is -0.483 e. The maximum atomic E-state index is 8.36. The Hall–Kier alpha value is -0.570. The minimum absolute atomic E-state index is 0.250. The van der Waals surface area contributed by atoms with Crippen LogP contribution in [0.1, 0.15) is 84.5 Å². The van der Waals surface area contributed by atoms with Crippen LogP contribution in [0.4, 0.5) is 0 Å². The largest absolute Gasteiger partial charge is 0.483 e. The molecular weight excluding hydrogens is 226 g/mol. The summed E-state index contributed by atoms with van der Waals surface area (Å²) < 4.78 is 0. The molecule has 3 N–H and O–H groups in total. The van der Waals surface area contributed by atoms with Crippen LogP contribution in [-0.2, 0) is 4.79 Å². The molecule has 0 aromatic rings. The van der Waals surface area contributed by atoms with Gasteiger partial charge in [-0.25, -0.2) is 0 Å². The smallest absolute Gasteiger partial charge is 0.290 e. The number of hydrogen-bond acceptors (Lipinski definition) is 2. The van der Waals surface area contributed by atoms with E-state index in [2.05, 4.69) is 13.8 Å². The lowest BCUT2D eigenvalue weighted by atomic mass is 10.0. The second kappa shape index (κ2) is 18.8. The molecule has 0 aliphatic heterocycles. The second-order valence-corrected chi connectivity index (χ2v) is 5.05. The van der Waals surface area contributed by atoms with Crippen LogP contribution in [0, 0.1) is 0 Å². The van der Waals surface area contributed by atoms with E-state index in [0.29, 0.717) is 6.04 Å². The van der Waals surface area contributed by atoms with Crippen LogP contribution in [0.3, 0.4) is 0 Å². The average Bonchev–Trinajstić information content (AvgIpc) is 2.32. The Morgan fingerprint density at radius 1 is 0.944 bits per heavy atom. The Kier molecular flexibility index (Phi) is 20.6. The van der Waals surface area contributed by atoms with E-state index in [1.165, 1.54) is 70.6 Å². The first kappa shape index (κ1) is 19.8. The van der Waals surface area contributed by atoms with E-state index >= 15 is 0 Å². The van der Waals surface area contributed by atoms with Crippen LogP contribution in [0.15, 0.2) is 0 Å². The van der Waals surface area contributed by atoms with Gasteiger partial charge in [0.25, 0.3) is 6.47 Å². The van der Waals surface area contributed by atoms with Crippen molar-refractivity contribution in [2.45, 2.75) is 90.5 Å². The summed E-state index contributed by atoms with van der Waals surface area (Å²) in [6.07, 6.45) is 15.3. The molecule has 0 rings (SSSR count). The third-order valence-corrected chi connectivity index (χ3v) is 3.01. The van der Waals surface area contributed by atoms with Crippen LogP contribution in [0.25, 0.3) is 0 Å². The van der Waals surface area contributed by atoms with E-state index in [4.69, 9.17) is 15.6 Å². The van der Waals surface area contributed by atoms with Gasteiger partial charge in [-0.3, -0.25) is 4.79 Å². The van der Waals surface area contributed by atoms with Crippen molar-refractivity contribution in [3.05, 3.63) is 0 Å². The fraction of sp³-hybridized carbons (Fsp3) is 0.933. The van der Waals surface area contributed by atoms with Crippen LogP contribution >= 0.6 is 0 Å². The highest BCUT2D eigenvalue weighted by Crippen LogP contribution is 2.11. The maximum absolute atomic E-state index is 8.36. The fourth-order valence-corrected chi connectivity index (χ4v) is 1.95. The molecule has 1 atom stereocenters. The Bertz CT molecular complexity index is 149. The summed E-state index contributed by atoms with van der Waals surface area (Å²) in [6.45, 7) is 4.13. The second-order valence-electron chi connectivity index (χ2n) is 5.05. The molecule has 0 saturated heterocycles. The SMILES string of the molecule is CCCCCCCCCCCCC(C)N.O=CO. The van der Waals surface area contributed by atoms with Gasteiger partial charge in [-0.15, -0.1) is 0 Å². The van der Waals surface area contributed by atoms with Crippen molar-refractivity contribution in [3.63, 3.8) is 0 Å². The van der Waals surface area contributed by atoms with Gasteiger partial charge in [-0.1, -0.05) is 71.1 Å². The number of rotatable bonds is 11. The average molecular weight is 259 g/mol. The number of unbranched alkanes of at least 4 members (excludes halogenated alkanes) is 9. The van der Waals surface area contributed by atoms with Crippen LogP contribution in [0.5, 0.6) is 0 Å². The predicted octanol–water partition coefficient (Wildman–Crippen LogP) is 4.35. The molecule has 0 spiro atoms. The summed E-state index contributed by atoms with van der Waals surface area (Å²) in [5.41, 5.74) is 5.70. The van der Waals surface area contributed by atoms with Crippen molar-refractivity contribution in [3.8, 4) is 0 Å². The number of nitrogens with two attached hydrogens (primary N) is 1. The predicted molar refractivity (Wildman–Crippen MR) is 78.8 cm³/mol. The molecule has 0 fully saturated rings. The Balaban J connectivity index is 0. The third kappa shape index (κ3) is 24.6. The first-order chi connectivity index (χ1) is 8.68. The van der Waals surface area contributed by atoms with Crippen LogP contribution in [0.2, 0.25) is 0 Å². The summed E-state index contributed by atoms with van der Waals surface area (Å²) in [4.78, 5) is 8.36. The molecule has 0 aliphatic carbocycles. The van der Waals surface area contributed by atoms with Crippen molar-refractivity contribution >= 4 is 6.47 Å². The van der Waals surface area contributed by atoms with E-state index in [-0.39, 0.29) is 6.47 Å². The van der Waals surface area contributed by atoms with Gasteiger partial charge in [0.2, 0.25) is 0 Å². The number of carbonyl (C=O) groups is 1. The van der Waals surface area contributed by atoms with Crippen molar-refractivity contribution in [2.75, 3.05) is 0 Å². The summed E-state index contributed by atoms with van der Waals surface area (Å²) >= 11 is 0. The number of hydrogen-bond donors (Lipinski definition) is 2. The first-order valence-corrected chi connectivity index (χ1v) is 7.52. The maximum Gasteiger partial charge on any atom is 0.290 e. The molecule has 1 unspecified atom stereocenters. The van der Waals surface area contributed by atoms with Gasteiger partial charge in [-0.05, 0) is 13.3 Å². The molecule has 0 saturated carbocycles. The zero-order chi connectivity index (χ0) is 14.1. The molecule has 0 radical (unpaired) electrons. The minimum atomic E-state index is -0.250. The molecule has 0 heterocycles. The van der Waals surface area contributed by atoms with E-state index in [0.717, 1.165) is 0 Å². The van der Waals surface area contributed by atoms with Crippen LogP contribution in [-0.4, -0.2) is 17.6 Å². The summed E-state index contributed by atoms with van der Waals surface area (Å²) in [6, 6.07) is 0.402. The molecule has 18 heavy (non-hydrogen) atoms. The van der Waals surface area contributed by atoms with Crippen molar-refractivity contribution < 1.29 is 9.90 Å². The van der Waals surface area contributed by atoms with Gasteiger partial charge in [0, 0.05) is 6.04 Å². The van der Waals surface area contributed by atoms with Gasteiger partial charge >= 0.3 is 0 Å². The van der Waals surface area contributed by atoms with Gasteiger partial charge < -0.3 is 10.8 Å². The van der Waals surface area contributed by atoms with E-state index in [1.807, 2.05) is 0 Å². The van der Waals surface area contributed by atoms with E-state index in [9.17, 15) is 0 Å². The quantitative estimate of drug-likeness (QED) is 0.428. The summed E-state index contributed by atoms with van der Waals surface area (Å²) in [5.74, 6) is 0. The highest BCUT2D eigenvalue weighted by molar-refractivity contribution is 5.32. The zero-order valence-electron chi connectivity index (χ0n) is 12.4. The lowest BCUT2D eigenvalue weighted by Crippen LogP contribution is -2.13. The van der Waals surface area contributed by atoms with Crippen molar-refractivity contribution in [1.82, 2.24) is 0 Å². The fourth-order valence-electron chi connectivity index (χ4n) is 1.95. The van der Waals surface area contributed by atoms with E-state index < -0.39 is 0 Å². The van der Waals surface area contributed by atoms with Gasteiger partial charge in [0.15, 0.2) is 0 Å². The van der Waals surface area contributed by atoms with Crippen molar-refractivity contribution in [2.24, 2.45) is 5.73 Å². The molecule has 0 aromatic carbocycles. The molecule has 3 nitrogen and oxygen atoms in total. The molecular formula is C15H33NO2. The monoisotopic (exact) mass is 259 g/mol. The van der Waals surface area contributed by atoms with Gasteiger partial charge in [-0.2, -0.15) is 0 Å². The normalized spacial score (nSPS) is 11.5. The molecule has 3 heteroatoms.